The molecule has 0 bridgehead atoms. The summed E-state index contributed by atoms with van der Waals surface area (Å²) in [5, 5.41) is 3.24. The lowest BCUT2D eigenvalue weighted by molar-refractivity contribution is -0.161. The van der Waals surface area contributed by atoms with Crippen LogP contribution in [0, 0.1) is 0 Å². The zero-order valence-corrected chi connectivity index (χ0v) is 11.3. The molecule has 0 aromatic rings. The van der Waals surface area contributed by atoms with Gasteiger partial charge in [0.15, 0.2) is 6.04 Å². The van der Waals surface area contributed by atoms with Crippen LogP contribution >= 0.6 is 0 Å². The number of carbonyl (C=O) groups is 2. The Bertz CT molecular complexity index is 331. The van der Waals surface area contributed by atoms with Gasteiger partial charge in [0.2, 0.25) is 5.91 Å². The van der Waals surface area contributed by atoms with Crippen LogP contribution in [0.25, 0.3) is 0 Å². The lowest BCUT2D eigenvalue weighted by atomic mass is 10.2. The Morgan fingerprint density at radius 2 is 2.05 bits per heavy atom. The number of morpholine rings is 1. The Balaban J connectivity index is 1.92. The second-order valence-corrected chi connectivity index (χ2v) is 4.73. The van der Waals surface area contributed by atoms with Gasteiger partial charge < -0.3 is 19.7 Å². The minimum absolute atomic E-state index is 0.0272. The first-order valence-electron chi connectivity index (χ1n) is 6.60. The predicted molar refractivity (Wildman–Crippen MR) is 67.6 cm³/mol. The third-order valence-corrected chi connectivity index (χ3v) is 3.49. The van der Waals surface area contributed by atoms with Crippen LogP contribution in [0.3, 0.4) is 0 Å². The highest BCUT2D eigenvalue weighted by Crippen LogP contribution is 2.10. The van der Waals surface area contributed by atoms with Crippen molar-refractivity contribution in [3.05, 3.63) is 0 Å². The molecule has 1 N–H and O–H groups in total. The maximum Gasteiger partial charge on any atom is 0.331 e. The molecule has 108 valence electrons. The van der Waals surface area contributed by atoms with E-state index in [0.717, 1.165) is 26.2 Å². The van der Waals surface area contributed by atoms with Crippen molar-refractivity contribution in [2.45, 2.75) is 6.04 Å². The van der Waals surface area contributed by atoms with E-state index in [-0.39, 0.29) is 12.5 Å². The molecule has 1 atom stereocenters. The molecule has 0 saturated carbocycles. The van der Waals surface area contributed by atoms with Crippen molar-refractivity contribution in [2.24, 2.45) is 0 Å². The second-order valence-electron chi connectivity index (χ2n) is 4.73. The zero-order chi connectivity index (χ0) is 13.7. The summed E-state index contributed by atoms with van der Waals surface area (Å²) in [6.45, 7) is 5.02. The molecule has 1 unspecified atom stereocenters. The third kappa shape index (κ3) is 3.65. The molecular formula is C12H21N3O4. The fourth-order valence-electron chi connectivity index (χ4n) is 2.38. The summed E-state index contributed by atoms with van der Waals surface area (Å²) < 4.78 is 9.98. The number of hydrogen-bond acceptors (Lipinski definition) is 6. The highest BCUT2D eigenvalue weighted by atomic mass is 16.5. The Hall–Kier alpha value is -1.18. The van der Waals surface area contributed by atoms with E-state index in [1.54, 1.807) is 4.90 Å². The van der Waals surface area contributed by atoms with Gasteiger partial charge in [-0.25, -0.2) is 4.79 Å². The summed E-state index contributed by atoms with van der Waals surface area (Å²) in [7, 11) is 1.33. The van der Waals surface area contributed by atoms with Crippen molar-refractivity contribution in [1.82, 2.24) is 15.1 Å². The van der Waals surface area contributed by atoms with Gasteiger partial charge in [-0.05, 0) is 0 Å². The van der Waals surface area contributed by atoms with E-state index in [9.17, 15) is 9.59 Å². The monoisotopic (exact) mass is 271 g/mol. The third-order valence-electron chi connectivity index (χ3n) is 3.49. The average molecular weight is 271 g/mol. The van der Waals surface area contributed by atoms with E-state index in [2.05, 4.69) is 10.2 Å². The number of hydrogen-bond donors (Lipinski definition) is 1. The van der Waals surface area contributed by atoms with Gasteiger partial charge in [-0.2, -0.15) is 0 Å². The molecule has 0 aromatic carbocycles. The van der Waals surface area contributed by atoms with Crippen LogP contribution in [0.5, 0.6) is 0 Å². The molecule has 7 nitrogen and oxygen atoms in total. The number of amides is 1. The van der Waals surface area contributed by atoms with Gasteiger partial charge in [-0.1, -0.05) is 0 Å². The molecule has 2 aliphatic rings. The quantitative estimate of drug-likeness (QED) is 0.617. The first-order valence-corrected chi connectivity index (χ1v) is 6.60. The Morgan fingerprint density at radius 1 is 1.32 bits per heavy atom. The number of piperazine rings is 1. The van der Waals surface area contributed by atoms with Crippen LogP contribution in [0.15, 0.2) is 0 Å². The van der Waals surface area contributed by atoms with E-state index in [1.807, 2.05) is 0 Å². The molecule has 2 saturated heterocycles. The Morgan fingerprint density at radius 3 is 2.74 bits per heavy atom. The van der Waals surface area contributed by atoms with Gasteiger partial charge in [0.1, 0.15) is 0 Å². The van der Waals surface area contributed by atoms with Crippen LogP contribution < -0.4 is 5.32 Å². The van der Waals surface area contributed by atoms with Crippen molar-refractivity contribution in [3.63, 3.8) is 0 Å². The van der Waals surface area contributed by atoms with Crippen LogP contribution in [-0.2, 0) is 19.1 Å². The first kappa shape index (κ1) is 14.2. The van der Waals surface area contributed by atoms with E-state index in [0.29, 0.717) is 19.7 Å². The van der Waals surface area contributed by atoms with Gasteiger partial charge in [-0.3, -0.25) is 9.69 Å². The average Bonchev–Trinajstić information content (AvgIpc) is 2.47. The van der Waals surface area contributed by atoms with Crippen LogP contribution in [-0.4, -0.2) is 87.3 Å². The van der Waals surface area contributed by atoms with E-state index >= 15 is 0 Å². The summed E-state index contributed by atoms with van der Waals surface area (Å²) in [5.74, 6) is -0.436. The largest absolute Gasteiger partial charge is 0.467 e. The SMILES string of the molecule is COC(=O)C1COCCN1C(=O)CN1CCNCC1. The van der Waals surface area contributed by atoms with E-state index in [1.165, 1.54) is 7.11 Å². The minimum Gasteiger partial charge on any atom is -0.467 e. The summed E-state index contributed by atoms with van der Waals surface area (Å²) in [4.78, 5) is 27.6. The second kappa shape index (κ2) is 6.83. The Labute approximate surface area is 112 Å². The lowest BCUT2D eigenvalue weighted by Gasteiger charge is -2.35. The van der Waals surface area contributed by atoms with Crippen molar-refractivity contribution in [3.8, 4) is 0 Å². The molecule has 2 aliphatic heterocycles. The fraction of sp³-hybridized carbons (Fsp3) is 0.833. The van der Waals surface area contributed by atoms with E-state index < -0.39 is 12.0 Å². The zero-order valence-electron chi connectivity index (χ0n) is 11.3. The maximum atomic E-state index is 12.3. The summed E-state index contributed by atoms with van der Waals surface area (Å²) in [5.41, 5.74) is 0. The van der Waals surface area contributed by atoms with Crippen molar-refractivity contribution in [2.75, 3.05) is 59.6 Å². The molecular weight excluding hydrogens is 250 g/mol. The molecule has 0 aromatic heterocycles. The van der Waals surface area contributed by atoms with Crippen LogP contribution in [0.4, 0.5) is 0 Å². The molecule has 2 fully saturated rings. The standard InChI is InChI=1S/C12H21N3O4/c1-18-12(17)10-9-19-7-6-15(10)11(16)8-14-4-2-13-3-5-14/h10,13H,2-9H2,1H3. The number of methoxy groups -OCH3 is 1. The molecule has 7 heteroatoms. The summed E-state index contributed by atoms with van der Waals surface area (Å²) in [6, 6.07) is -0.603. The summed E-state index contributed by atoms with van der Waals surface area (Å²) in [6.07, 6.45) is 0. The minimum atomic E-state index is -0.603. The molecule has 2 heterocycles. The number of nitrogens with zero attached hydrogens (tertiary/aromatic N) is 2. The number of ether oxygens (including phenoxy) is 2. The number of rotatable bonds is 3. The Kier molecular flexibility index (Phi) is 5.12. The molecule has 2 rings (SSSR count). The van der Waals surface area contributed by atoms with Crippen molar-refractivity contribution < 1.29 is 19.1 Å². The topological polar surface area (TPSA) is 71.1 Å². The highest BCUT2D eigenvalue weighted by molar-refractivity contribution is 5.85. The fourth-order valence-corrected chi connectivity index (χ4v) is 2.38. The van der Waals surface area contributed by atoms with Crippen LogP contribution in [0.2, 0.25) is 0 Å². The van der Waals surface area contributed by atoms with Gasteiger partial charge in [0.05, 0.1) is 26.9 Å². The van der Waals surface area contributed by atoms with E-state index in [4.69, 9.17) is 9.47 Å². The molecule has 1 amide bonds. The van der Waals surface area contributed by atoms with Crippen LogP contribution in [0.1, 0.15) is 0 Å². The van der Waals surface area contributed by atoms with Gasteiger partial charge in [0.25, 0.3) is 0 Å². The summed E-state index contributed by atoms with van der Waals surface area (Å²) >= 11 is 0. The number of nitrogens with one attached hydrogen (secondary N) is 1. The van der Waals surface area contributed by atoms with Gasteiger partial charge in [0, 0.05) is 32.7 Å². The molecule has 0 aliphatic carbocycles. The number of esters is 1. The molecule has 0 radical (unpaired) electrons. The van der Waals surface area contributed by atoms with Crippen molar-refractivity contribution >= 4 is 11.9 Å². The lowest BCUT2D eigenvalue weighted by Crippen LogP contribution is -2.56. The van der Waals surface area contributed by atoms with Crippen molar-refractivity contribution in [1.29, 1.82) is 0 Å². The molecule has 0 spiro atoms. The smallest absolute Gasteiger partial charge is 0.331 e. The predicted octanol–water partition coefficient (Wildman–Crippen LogP) is -1.71. The first-order chi connectivity index (χ1) is 9.22. The highest BCUT2D eigenvalue weighted by Gasteiger charge is 2.34. The van der Waals surface area contributed by atoms with Gasteiger partial charge in [-0.15, -0.1) is 0 Å². The normalized spacial score (nSPS) is 25.1. The van der Waals surface area contributed by atoms with Gasteiger partial charge >= 0.3 is 5.97 Å². The molecule has 19 heavy (non-hydrogen) atoms. The number of carbonyl (C=O) groups excluding carboxylic acids is 2. The maximum absolute atomic E-state index is 12.3.